The Morgan fingerprint density at radius 1 is 1.47 bits per heavy atom. The summed E-state index contributed by atoms with van der Waals surface area (Å²) in [5, 5.41) is 19.2. The van der Waals surface area contributed by atoms with Crippen molar-refractivity contribution >= 4 is 6.16 Å². The fourth-order valence-electron chi connectivity index (χ4n) is 1.72. The fraction of sp³-hybridized carbons (Fsp3) is 0.417. The lowest BCUT2D eigenvalue weighted by molar-refractivity contribution is -0.0458. The van der Waals surface area contributed by atoms with E-state index in [9.17, 15) is 15.0 Å². The molecule has 0 unspecified atom stereocenters. The number of fused-ring (bicyclic) bond motifs is 1. The Morgan fingerprint density at radius 3 is 2.82 bits per heavy atom. The first-order chi connectivity index (χ1) is 7.99. The second-order valence-corrected chi connectivity index (χ2v) is 4.00. The minimum Gasteiger partial charge on any atom is -0.424 e. The number of hydrogen-bond donors (Lipinski definition) is 2. The number of aliphatic hydroxyl groups excluding tert-OH is 2. The lowest BCUT2D eigenvalue weighted by atomic mass is 9.90. The van der Waals surface area contributed by atoms with E-state index in [1.165, 1.54) is 6.08 Å². The van der Waals surface area contributed by atoms with Gasteiger partial charge in [-0.25, -0.2) is 4.79 Å². The molecular weight excluding hydrogens is 224 g/mol. The molecule has 5 nitrogen and oxygen atoms in total. The van der Waals surface area contributed by atoms with E-state index >= 15 is 0 Å². The van der Waals surface area contributed by atoms with Crippen LogP contribution in [0.15, 0.2) is 23.8 Å². The summed E-state index contributed by atoms with van der Waals surface area (Å²) in [6, 6.07) is 0. The van der Waals surface area contributed by atoms with E-state index in [4.69, 9.17) is 9.47 Å². The van der Waals surface area contributed by atoms with E-state index < -0.39 is 30.6 Å². The zero-order chi connectivity index (χ0) is 12.6. The maximum atomic E-state index is 11.0. The molecule has 90 valence electrons. The van der Waals surface area contributed by atoms with E-state index in [1.807, 2.05) is 0 Å². The predicted molar refractivity (Wildman–Crippen MR) is 57.8 cm³/mol. The largest absolute Gasteiger partial charge is 0.509 e. The monoisotopic (exact) mass is 236 g/mol. The number of aliphatic hydroxyl groups is 2. The Balaban J connectivity index is 2.32. The third-order valence-electron chi connectivity index (χ3n) is 2.52. The van der Waals surface area contributed by atoms with Crippen LogP contribution in [0.5, 0.6) is 0 Å². The van der Waals surface area contributed by atoms with E-state index in [-0.39, 0.29) is 0 Å². The fourth-order valence-corrected chi connectivity index (χ4v) is 1.72. The van der Waals surface area contributed by atoms with Crippen LogP contribution in [-0.4, -0.2) is 40.8 Å². The highest BCUT2D eigenvalue weighted by Gasteiger charge is 2.48. The Kier molecular flexibility index (Phi) is 2.92. The average molecular weight is 236 g/mol. The van der Waals surface area contributed by atoms with Crippen LogP contribution in [0, 0.1) is 11.8 Å². The van der Waals surface area contributed by atoms with Crippen molar-refractivity contribution < 1.29 is 24.5 Å². The van der Waals surface area contributed by atoms with Gasteiger partial charge in [0.05, 0.1) is 0 Å². The van der Waals surface area contributed by atoms with Crippen LogP contribution in [0.4, 0.5) is 4.79 Å². The van der Waals surface area contributed by atoms with E-state index in [1.54, 1.807) is 6.92 Å². The Morgan fingerprint density at radius 2 is 2.18 bits per heavy atom. The molecule has 0 aromatic rings. The highest BCUT2D eigenvalue weighted by atomic mass is 16.8. The topological polar surface area (TPSA) is 76.0 Å². The van der Waals surface area contributed by atoms with Crippen molar-refractivity contribution in [3.05, 3.63) is 23.8 Å². The van der Waals surface area contributed by atoms with Gasteiger partial charge in [0.2, 0.25) is 0 Å². The Hall–Kier alpha value is -1.77. The van der Waals surface area contributed by atoms with Crippen molar-refractivity contribution in [1.29, 1.82) is 0 Å². The summed E-state index contributed by atoms with van der Waals surface area (Å²) in [6.07, 6.45) is -3.48. The molecule has 17 heavy (non-hydrogen) atoms. The van der Waals surface area contributed by atoms with Crippen LogP contribution in [0.2, 0.25) is 0 Å². The first kappa shape index (κ1) is 11.7. The lowest BCUT2D eigenvalue weighted by Gasteiger charge is -2.28. The maximum Gasteiger partial charge on any atom is 0.509 e. The molecule has 0 aromatic carbocycles. The summed E-state index contributed by atoms with van der Waals surface area (Å²) in [7, 11) is 0. The highest BCUT2D eigenvalue weighted by Crippen LogP contribution is 2.30. The molecule has 0 saturated carbocycles. The van der Waals surface area contributed by atoms with Crippen LogP contribution >= 0.6 is 0 Å². The minimum absolute atomic E-state index is 0.418. The molecule has 5 heteroatoms. The van der Waals surface area contributed by atoms with E-state index in [2.05, 4.69) is 18.4 Å². The van der Waals surface area contributed by atoms with Gasteiger partial charge in [0.25, 0.3) is 0 Å². The maximum absolute atomic E-state index is 11.0. The summed E-state index contributed by atoms with van der Waals surface area (Å²) >= 11 is 0. The number of ether oxygens (including phenoxy) is 2. The molecule has 0 radical (unpaired) electrons. The van der Waals surface area contributed by atoms with Crippen molar-refractivity contribution in [2.45, 2.75) is 31.3 Å². The molecule has 2 aliphatic rings. The average Bonchev–Trinajstić information content (AvgIpc) is 2.63. The summed E-state index contributed by atoms with van der Waals surface area (Å²) in [5.41, 5.74) is 1.06. The summed E-state index contributed by atoms with van der Waals surface area (Å²) in [5.74, 6) is 5.47. The molecule has 1 aliphatic heterocycles. The van der Waals surface area contributed by atoms with Crippen molar-refractivity contribution in [2.24, 2.45) is 0 Å². The molecule has 1 fully saturated rings. The number of rotatable bonds is 0. The summed E-state index contributed by atoms with van der Waals surface area (Å²) in [4.78, 5) is 11.0. The molecule has 0 aromatic heterocycles. The second kappa shape index (κ2) is 4.24. The van der Waals surface area contributed by atoms with Crippen molar-refractivity contribution in [3.63, 3.8) is 0 Å². The molecule has 2 N–H and O–H groups in total. The van der Waals surface area contributed by atoms with Gasteiger partial charge in [-0.2, -0.15) is 0 Å². The van der Waals surface area contributed by atoms with Gasteiger partial charge in [-0.3, -0.25) is 0 Å². The SMILES string of the molecule is C=C(C)C#CC1=C[C@H](O)[C@@H](O)[C@@H]2OC(=O)O[C@H]12. The Labute approximate surface area is 98.3 Å². The second-order valence-electron chi connectivity index (χ2n) is 4.00. The van der Waals surface area contributed by atoms with Crippen molar-refractivity contribution in [3.8, 4) is 11.8 Å². The van der Waals surface area contributed by atoms with Gasteiger partial charge in [-0.05, 0) is 18.6 Å². The van der Waals surface area contributed by atoms with Crippen molar-refractivity contribution in [1.82, 2.24) is 0 Å². The minimum atomic E-state index is -1.19. The first-order valence-electron chi connectivity index (χ1n) is 5.11. The molecule has 4 atom stereocenters. The smallest absolute Gasteiger partial charge is 0.424 e. The van der Waals surface area contributed by atoms with Gasteiger partial charge < -0.3 is 19.7 Å². The molecule has 1 saturated heterocycles. The molecule has 1 heterocycles. The Bertz CT molecular complexity index is 453. The molecule has 0 spiro atoms. The molecule has 2 rings (SSSR count). The molecular formula is C12H12O5. The van der Waals surface area contributed by atoms with E-state index in [0.717, 1.165) is 0 Å². The van der Waals surface area contributed by atoms with Gasteiger partial charge in [-0.15, -0.1) is 0 Å². The summed E-state index contributed by atoms with van der Waals surface area (Å²) in [6.45, 7) is 5.35. The van der Waals surface area contributed by atoms with Gasteiger partial charge in [0.1, 0.15) is 12.2 Å². The number of hydrogen-bond acceptors (Lipinski definition) is 5. The lowest BCUT2D eigenvalue weighted by Crippen LogP contribution is -2.46. The standard InChI is InChI=1S/C12H12O5/c1-6(2)3-4-7-5-8(13)9(14)11-10(7)16-12(15)17-11/h5,8-11,13-14H,1H2,2H3/t8-,9+,10+,11-/m0/s1. The highest BCUT2D eigenvalue weighted by molar-refractivity contribution is 5.65. The van der Waals surface area contributed by atoms with E-state index in [0.29, 0.717) is 11.1 Å². The van der Waals surface area contributed by atoms with Gasteiger partial charge in [0.15, 0.2) is 12.2 Å². The van der Waals surface area contributed by atoms with Crippen LogP contribution in [0.3, 0.4) is 0 Å². The zero-order valence-corrected chi connectivity index (χ0v) is 9.21. The van der Waals surface area contributed by atoms with Gasteiger partial charge in [-0.1, -0.05) is 18.4 Å². The zero-order valence-electron chi connectivity index (χ0n) is 9.21. The van der Waals surface area contributed by atoms with Crippen LogP contribution in [0.25, 0.3) is 0 Å². The van der Waals surface area contributed by atoms with Gasteiger partial charge in [0, 0.05) is 5.57 Å². The number of carbonyl (C=O) groups is 1. The van der Waals surface area contributed by atoms with Gasteiger partial charge >= 0.3 is 6.16 Å². The van der Waals surface area contributed by atoms with Crippen LogP contribution in [0.1, 0.15) is 6.92 Å². The van der Waals surface area contributed by atoms with Crippen LogP contribution < -0.4 is 0 Å². The molecule has 0 amide bonds. The number of allylic oxidation sites excluding steroid dienone is 1. The van der Waals surface area contributed by atoms with Crippen molar-refractivity contribution in [2.75, 3.05) is 0 Å². The third-order valence-corrected chi connectivity index (χ3v) is 2.52. The predicted octanol–water partition coefficient (Wildman–Crippen LogP) is 0.132. The quantitative estimate of drug-likeness (QED) is 0.462. The summed E-state index contributed by atoms with van der Waals surface area (Å²) < 4.78 is 9.68. The van der Waals surface area contributed by atoms with Crippen LogP contribution in [-0.2, 0) is 9.47 Å². The number of carbonyl (C=O) groups excluding carboxylic acids is 1. The normalized spacial score (nSPS) is 34.8. The molecule has 0 bridgehead atoms. The first-order valence-corrected chi connectivity index (χ1v) is 5.11. The molecule has 1 aliphatic carbocycles. The third kappa shape index (κ3) is 2.18.